The molecule has 26 heavy (non-hydrogen) atoms. The Morgan fingerprint density at radius 2 is 1.42 bits per heavy atom. The molecular formula is C23H29NOSi. The summed E-state index contributed by atoms with van der Waals surface area (Å²) in [7, 11) is -2.40. The highest BCUT2D eigenvalue weighted by Gasteiger charge is 2.50. The highest BCUT2D eigenvalue weighted by molar-refractivity contribution is 6.99. The van der Waals surface area contributed by atoms with Crippen LogP contribution in [0, 0.1) is 23.2 Å². The molecule has 2 nitrogen and oxygen atoms in total. The van der Waals surface area contributed by atoms with Crippen LogP contribution in [0.1, 0.15) is 40.0 Å². The molecule has 0 heterocycles. The summed E-state index contributed by atoms with van der Waals surface area (Å²) in [5, 5.41) is 11.6. The number of nitriles is 1. The maximum Gasteiger partial charge on any atom is 0.261 e. The van der Waals surface area contributed by atoms with Gasteiger partial charge in [0.05, 0.1) is 6.07 Å². The molecule has 0 aromatic heterocycles. The van der Waals surface area contributed by atoms with Gasteiger partial charge >= 0.3 is 0 Å². The first-order valence-corrected chi connectivity index (χ1v) is 11.5. The van der Waals surface area contributed by atoms with Crippen LogP contribution in [-0.2, 0) is 4.43 Å². The molecule has 2 aromatic rings. The van der Waals surface area contributed by atoms with E-state index < -0.39 is 8.32 Å². The summed E-state index contributed by atoms with van der Waals surface area (Å²) in [5.74, 6) is 1.17. The largest absolute Gasteiger partial charge is 0.407 e. The lowest BCUT2D eigenvalue weighted by Crippen LogP contribution is -2.67. The molecule has 0 unspecified atom stereocenters. The number of benzene rings is 2. The van der Waals surface area contributed by atoms with Crippen molar-refractivity contribution in [3.05, 3.63) is 60.7 Å². The summed E-state index contributed by atoms with van der Waals surface area (Å²) < 4.78 is 6.95. The average molecular weight is 364 g/mol. The van der Waals surface area contributed by atoms with Gasteiger partial charge in [-0.1, -0.05) is 81.4 Å². The summed E-state index contributed by atoms with van der Waals surface area (Å²) in [6.45, 7) is 7.75. The van der Waals surface area contributed by atoms with Gasteiger partial charge in [-0.3, -0.25) is 0 Å². The van der Waals surface area contributed by atoms with E-state index in [0.717, 1.165) is 19.4 Å². The maximum absolute atomic E-state index is 8.88. The van der Waals surface area contributed by atoms with Crippen LogP contribution >= 0.6 is 0 Å². The molecule has 0 spiro atoms. The first-order valence-electron chi connectivity index (χ1n) is 9.59. The Hall–Kier alpha value is -1.89. The van der Waals surface area contributed by atoms with Gasteiger partial charge in [0.1, 0.15) is 0 Å². The number of hydrogen-bond acceptors (Lipinski definition) is 2. The number of nitrogens with zero attached hydrogens (tertiary/aromatic N) is 1. The maximum atomic E-state index is 8.88. The van der Waals surface area contributed by atoms with E-state index in [1.807, 2.05) is 0 Å². The Morgan fingerprint density at radius 1 is 0.923 bits per heavy atom. The smallest absolute Gasteiger partial charge is 0.261 e. The van der Waals surface area contributed by atoms with Crippen LogP contribution in [0.3, 0.4) is 0 Å². The van der Waals surface area contributed by atoms with Gasteiger partial charge in [0.25, 0.3) is 8.32 Å². The molecule has 0 aliphatic heterocycles. The second-order valence-corrected chi connectivity index (χ2v) is 12.8. The molecule has 136 valence electrons. The van der Waals surface area contributed by atoms with Crippen molar-refractivity contribution < 1.29 is 4.43 Å². The SMILES string of the molecule is CC(C)(C)[Si](OCC1CC(CC#N)C1)(c1ccccc1)c1ccccc1. The van der Waals surface area contributed by atoms with E-state index in [2.05, 4.69) is 87.5 Å². The minimum absolute atomic E-state index is 0.0332. The normalized spacial score (nSPS) is 20.2. The molecule has 0 radical (unpaired) electrons. The summed E-state index contributed by atoms with van der Waals surface area (Å²) in [4.78, 5) is 0. The lowest BCUT2D eigenvalue weighted by molar-refractivity contribution is 0.117. The third-order valence-corrected chi connectivity index (χ3v) is 10.7. The Kier molecular flexibility index (Phi) is 5.65. The second kappa shape index (κ2) is 7.78. The number of hydrogen-bond donors (Lipinski definition) is 0. The molecule has 2 aromatic carbocycles. The summed E-state index contributed by atoms with van der Waals surface area (Å²) in [5.41, 5.74) is 0. The fourth-order valence-corrected chi connectivity index (χ4v) is 8.95. The molecule has 0 bridgehead atoms. The minimum atomic E-state index is -2.40. The highest BCUT2D eigenvalue weighted by Crippen LogP contribution is 2.40. The Balaban J connectivity index is 1.92. The van der Waals surface area contributed by atoms with Gasteiger partial charge in [0.2, 0.25) is 0 Å². The molecule has 3 heteroatoms. The number of rotatable bonds is 6. The van der Waals surface area contributed by atoms with Crippen molar-refractivity contribution in [1.82, 2.24) is 0 Å². The minimum Gasteiger partial charge on any atom is -0.407 e. The van der Waals surface area contributed by atoms with Crippen LogP contribution in [0.5, 0.6) is 0 Å². The van der Waals surface area contributed by atoms with Gasteiger partial charge in [-0.15, -0.1) is 0 Å². The zero-order valence-corrected chi connectivity index (χ0v) is 17.1. The van der Waals surface area contributed by atoms with Crippen molar-refractivity contribution in [3.63, 3.8) is 0 Å². The van der Waals surface area contributed by atoms with Crippen molar-refractivity contribution in [1.29, 1.82) is 5.26 Å². The molecule has 1 fully saturated rings. The van der Waals surface area contributed by atoms with Gasteiger partial charge in [-0.25, -0.2) is 0 Å². The van der Waals surface area contributed by atoms with Crippen molar-refractivity contribution in [2.45, 2.75) is 45.1 Å². The van der Waals surface area contributed by atoms with Crippen LogP contribution < -0.4 is 10.4 Å². The summed E-state index contributed by atoms with van der Waals surface area (Å²) in [6.07, 6.45) is 2.95. The summed E-state index contributed by atoms with van der Waals surface area (Å²) >= 11 is 0. The average Bonchev–Trinajstić information content (AvgIpc) is 2.60. The molecule has 0 atom stereocenters. The van der Waals surface area contributed by atoms with Crippen molar-refractivity contribution in [2.75, 3.05) is 6.61 Å². The molecule has 1 saturated carbocycles. The topological polar surface area (TPSA) is 33.0 Å². The van der Waals surface area contributed by atoms with Gasteiger partial charge in [-0.05, 0) is 40.1 Å². The Labute approximate surface area is 159 Å². The molecule has 1 aliphatic rings. The van der Waals surface area contributed by atoms with Crippen LogP contribution in [-0.4, -0.2) is 14.9 Å². The molecule has 1 aliphatic carbocycles. The Morgan fingerprint density at radius 3 is 1.85 bits per heavy atom. The first-order chi connectivity index (χ1) is 12.5. The highest BCUT2D eigenvalue weighted by atomic mass is 28.4. The van der Waals surface area contributed by atoms with Crippen molar-refractivity contribution in [2.24, 2.45) is 11.8 Å². The lowest BCUT2D eigenvalue weighted by atomic mass is 9.74. The quantitative estimate of drug-likeness (QED) is 0.708. The van der Waals surface area contributed by atoms with Crippen LogP contribution in [0.25, 0.3) is 0 Å². The second-order valence-electron chi connectivity index (χ2n) is 8.54. The third kappa shape index (κ3) is 3.63. The van der Waals surface area contributed by atoms with E-state index >= 15 is 0 Å². The van der Waals surface area contributed by atoms with Gasteiger partial charge in [0, 0.05) is 13.0 Å². The fraction of sp³-hybridized carbons (Fsp3) is 0.435. The molecule has 0 amide bonds. The predicted octanol–water partition coefficient (Wildman–Crippen LogP) is 4.50. The van der Waals surface area contributed by atoms with Crippen molar-refractivity contribution in [3.8, 4) is 6.07 Å². The Bertz CT molecular complexity index is 700. The third-order valence-electron chi connectivity index (χ3n) is 5.67. The standard InChI is InChI=1S/C23H29NOSi/c1-23(2,3)26(21-10-6-4-7-11-21,22-12-8-5-9-13-22)25-18-20-16-19(17-20)14-15-24/h4-13,19-20H,14,16-18H2,1-3H3. The van der Waals surface area contributed by atoms with E-state index in [-0.39, 0.29) is 5.04 Å². The van der Waals surface area contributed by atoms with Gasteiger partial charge < -0.3 is 4.43 Å². The van der Waals surface area contributed by atoms with E-state index in [9.17, 15) is 0 Å². The molecule has 0 N–H and O–H groups in total. The van der Waals surface area contributed by atoms with Gasteiger partial charge in [-0.2, -0.15) is 5.26 Å². The van der Waals surface area contributed by atoms with Crippen LogP contribution in [0.15, 0.2) is 60.7 Å². The van der Waals surface area contributed by atoms with Crippen molar-refractivity contribution >= 4 is 18.7 Å². The fourth-order valence-electron chi connectivity index (χ4n) is 4.31. The predicted molar refractivity (Wildman–Crippen MR) is 110 cm³/mol. The molecule has 0 saturated heterocycles. The van der Waals surface area contributed by atoms with E-state index in [1.54, 1.807) is 0 Å². The molecule has 3 rings (SSSR count). The van der Waals surface area contributed by atoms with E-state index in [4.69, 9.17) is 9.69 Å². The zero-order valence-electron chi connectivity index (χ0n) is 16.1. The first kappa shape index (κ1) is 18.9. The van der Waals surface area contributed by atoms with Crippen LogP contribution in [0.2, 0.25) is 5.04 Å². The van der Waals surface area contributed by atoms with Crippen LogP contribution in [0.4, 0.5) is 0 Å². The monoisotopic (exact) mass is 363 g/mol. The van der Waals surface area contributed by atoms with E-state index in [0.29, 0.717) is 18.3 Å². The molecular weight excluding hydrogens is 334 g/mol. The van der Waals surface area contributed by atoms with E-state index in [1.165, 1.54) is 10.4 Å². The van der Waals surface area contributed by atoms with Gasteiger partial charge in [0.15, 0.2) is 0 Å². The zero-order chi connectivity index (χ0) is 18.6. The summed E-state index contributed by atoms with van der Waals surface area (Å²) in [6, 6.07) is 23.9. The lowest BCUT2D eigenvalue weighted by Gasteiger charge is -2.45.